The lowest BCUT2D eigenvalue weighted by Gasteiger charge is -2.27. The van der Waals surface area contributed by atoms with Crippen molar-refractivity contribution in [1.82, 2.24) is 15.5 Å². The third kappa shape index (κ3) is 5.93. The van der Waals surface area contributed by atoms with Crippen molar-refractivity contribution in [2.75, 3.05) is 19.6 Å². The van der Waals surface area contributed by atoms with Crippen LogP contribution in [0.5, 0.6) is 0 Å². The summed E-state index contributed by atoms with van der Waals surface area (Å²) in [7, 11) is 0. The standard InChI is InChI=1S/C20H26N4OS.HI/c1-3-21-20(22-12-16-7-5-4-6-15(16)2)23-13-19(25)24-10-8-18-17(14-24)9-11-26-18;/h4-7,9,11H,3,8,10,12-14H2,1-2H3,(H2,21,22,23);1H. The van der Waals surface area contributed by atoms with Gasteiger partial charge in [-0.1, -0.05) is 24.3 Å². The first-order valence-corrected chi connectivity index (χ1v) is 9.95. The van der Waals surface area contributed by atoms with Gasteiger partial charge in [-0.3, -0.25) is 4.79 Å². The van der Waals surface area contributed by atoms with E-state index in [9.17, 15) is 4.79 Å². The molecule has 1 aliphatic rings. The van der Waals surface area contributed by atoms with Crippen LogP contribution in [0.15, 0.2) is 40.7 Å². The largest absolute Gasteiger partial charge is 0.357 e. The number of nitrogens with zero attached hydrogens (tertiary/aromatic N) is 2. The van der Waals surface area contributed by atoms with Crippen LogP contribution in [-0.2, 0) is 24.3 Å². The van der Waals surface area contributed by atoms with Crippen LogP contribution in [0.3, 0.4) is 0 Å². The Morgan fingerprint density at radius 3 is 2.85 bits per heavy atom. The fourth-order valence-electron chi connectivity index (χ4n) is 3.03. The number of fused-ring (bicyclic) bond motifs is 1. The SMILES string of the molecule is CCNC(=NCc1ccccc1C)NCC(=O)N1CCc2sccc2C1.I. The molecule has 1 aromatic carbocycles. The number of carbonyl (C=O) groups excluding carboxylic acids is 1. The normalized spacial score (nSPS) is 13.6. The molecule has 0 aliphatic carbocycles. The van der Waals surface area contributed by atoms with Crippen LogP contribution in [0, 0.1) is 6.92 Å². The van der Waals surface area contributed by atoms with Crippen molar-refractivity contribution in [3.8, 4) is 0 Å². The van der Waals surface area contributed by atoms with Crippen LogP contribution >= 0.6 is 35.3 Å². The zero-order valence-electron chi connectivity index (χ0n) is 15.8. The van der Waals surface area contributed by atoms with Crippen molar-refractivity contribution in [2.45, 2.75) is 33.4 Å². The number of rotatable bonds is 5. The molecule has 0 atom stereocenters. The van der Waals surface area contributed by atoms with E-state index in [0.717, 1.165) is 26.1 Å². The van der Waals surface area contributed by atoms with Gasteiger partial charge in [-0.25, -0.2) is 4.99 Å². The molecular formula is C20H27IN4OS. The lowest BCUT2D eigenvalue weighted by Crippen LogP contribution is -2.45. The number of amides is 1. The maximum absolute atomic E-state index is 12.6. The summed E-state index contributed by atoms with van der Waals surface area (Å²) in [6, 6.07) is 10.4. The number of benzene rings is 1. The van der Waals surface area contributed by atoms with E-state index >= 15 is 0 Å². The van der Waals surface area contributed by atoms with Gasteiger partial charge >= 0.3 is 0 Å². The summed E-state index contributed by atoms with van der Waals surface area (Å²) in [6.07, 6.45) is 0.959. The molecule has 0 unspecified atom stereocenters. The molecule has 1 amide bonds. The zero-order chi connectivity index (χ0) is 18.4. The number of carbonyl (C=O) groups is 1. The fourth-order valence-corrected chi connectivity index (χ4v) is 3.92. The van der Waals surface area contributed by atoms with E-state index < -0.39 is 0 Å². The highest BCUT2D eigenvalue weighted by Crippen LogP contribution is 2.23. The molecule has 2 heterocycles. The summed E-state index contributed by atoms with van der Waals surface area (Å²) in [5.41, 5.74) is 3.70. The Morgan fingerprint density at radius 1 is 1.26 bits per heavy atom. The van der Waals surface area contributed by atoms with Gasteiger partial charge in [0.25, 0.3) is 0 Å². The number of guanidine groups is 1. The number of aryl methyl sites for hydroxylation is 1. The maximum atomic E-state index is 12.6. The van der Waals surface area contributed by atoms with Crippen LogP contribution in [-0.4, -0.2) is 36.4 Å². The van der Waals surface area contributed by atoms with E-state index in [-0.39, 0.29) is 36.4 Å². The van der Waals surface area contributed by atoms with E-state index in [2.05, 4.69) is 46.1 Å². The molecular weight excluding hydrogens is 471 g/mol. The van der Waals surface area contributed by atoms with Gasteiger partial charge in [0.15, 0.2) is 5.96 Å². The van der Waals surface area contributed by atoms with Crippen LogP contribution in [0.2, 0.25) is 0 Å². The minimum absolute atomic E-state index is 0. The van der Waals surface area contributed by atoms with Crippen molar-refractivity contribution in [1.29, 1.82) is 0 Å². The highest BCUT2D eigenvalue weighted by atomic mass is 127. The lowest BCUT2D eigenvalue weighted by atomic mass is 10.1. The number of hydrogen-bond acceptors (Lipinski definition) is 3. The Labute approximate surface area is 182 Å². The Bertz CT molecular complexity index is 790. The molecule has 27 heavy (non-hydrogen) atoms. The molecule has 1 aliphatic heterocycles. The Balaban J connectivity index is 0.00000261. The highest BCUT2D eigenvalue weighted by molar-refractivity contribution is 14.0. The minimum Gasteiger partial charge on any atom is -0.357 e. The van der Waals surface area contributed by atoms with E-state index in [1.807, 2.05) is 24.0 Å². The number of nitrogens with one attached hydrogen (secondary N) is 2. The van der Waals surface area contributed by atoms with Crippen molar-refractivity contribution in [3.63, 3.8) is 0 Å². The Morgan fingerprint density at radius 2 is 2.07 bits per heavy atom. The molecule has 0 spiro atoms. The molecule has 0 radical (unpaired) electrons. The minimum atomic E-state index is 0. The average molecular weight is 498 g/mol. The van der Waals surface area contributed by atoms with Gasteiger partial charge in [0.2, 0.25) is 5.91 Å². The zero-order valence-corrected chi connectivity index (χ0v) is 19.0. The molecule has 3 rings (SSSR count). The lowest BCUT2D eigenvalue weighted by molar-refractivity contribution is -0.130. The second-order valence-electron chi connectivity index (χ2n) is 6.41. The summed E-state index contributed by atoms with van der Waals surface area (Å²) in [4.78, 5) is 20.5. The van der Waals surface area contributed by atoms with Gasteiger partial charge in [0.1, 0.15) is 0 Å². The second-order valence-corrected chi connectivity index (χ2v) is 7.41. The van der Waals surface area contributed by atoms with Crippen molar-refractivity contribution in [3.05, 3.63) is 57.3 Å². The van der Waals surface area contributed by atoms with Crippen molar-refractivity contribution in [2.24, 2.45) is 4.99 Å². The third-order valence-corrected chi connectivity index (χ3v) is 5.60. The Kier molecular flexibility index (Phi) is 8.56. The summed E-state index contributed by atoms with van der Waals surface area (Å²) in [6.45, 7) is 7.24. The van der Waals surface area contributed by atoms with Gasteiger partial charge in [-0.05, 0) is 48.4 Å². The van der Waals surface area contributed by atoms with Gasteiger partial charge < -0.3 is 15.5 Å². The van der Waals surface area contributed by atoms with E-state index in [0.29, 0.717) is 12.5 Å². The predicted molar refractivity (Wildman–Crippen MR) is 123 cm³/mol. The van der Waals surface area contributed by atoms with Crippen LogP contribution in [0.25, 0.3) is 0 Å². The number of hydrogen-bond donors (Lipinski definition) is 2. The summed E-state index contributed by atoms with van der Waals surface area (Å²) in [5, 5.41) is 8.50. The molecule has 146 valence electrons. The molecule has 0 saturated heterocycles. The predicted octanol–water partition coefficient (Wildman–Crippen LogP) is 3.31. The maximum Gasteiger partial charge on any atom is 0.242 e. The summed E-state index contributed by atoms with van der Waals surface area (Å²) in [5.74, 6) is 0.792. The van der Waals surface area contributed by atoms with Crippen LogP contribution in [0.4, 0.5) is 0 Å². The average Bonchev–Trinajstić information content (AvgIpc) is 3.12. The molecule has 2 aromatic rings. The van der Waals surface area contributed by atoms with Gasteiger partial charge in [-0.15, -0.1) is 35.3 Å². The van der Waals surface area contributed by atoms with E-state index in [1.165, 1.54) is 21.6 Å². The smallest absolute Gasteiger partial charge is 0.242 e. The van der Waals surface area contributed by atoms with Crippen molar-refractivity contribution >= 4 is 47.2 Å². The monoisotopic (exact) mass is 498 g/mol. The molecule has 0 saturated carbocycles. The first kappa shape index (κ1) is 21.7. The first-order valence-electron chi connectivity index (χ1n) is 9.07. The van der Waals surface area contributed by atoms with Crippen LogP contribution < -0.4 is 10.6 Å². The first-order chi connectivity index (χ1) is 12.7. The molecule has 0 bridgehead atoms. The number of aliphatic imine (C=N–C) groups is 1. The third-order valence-electron chi connectivity index (χ3n) is 4.58. The number of halogens is 1. The fraction of sp³-hybridized carbons (Fsp3) is 0.400. The molecule has 2 N–H and O–H groups in total. The van der Waals surface area contributed by atoms with E-state index in [1.54, 1.807) is 11.3 Å². The van der Waals surface area contributed by atoms with E-state index in [4.69, 9.17) is 0 Å². The van der Waals surface area contributed by atoms with Gasteiger partial charge in [0, 0.05) is 24.5 Å². The molecule has 7 heteroatoms. The molecule has 5 nitrogen and oxygen atoms in total. The topological polar surface area (TPSA) is 56.7 Å². The summed E-state index contributed by atoms with van der Waals surface area (Å²) < 4.78 is 0. The molecule has 1 aromatic heterocycles. The quantitative estimate of drug-likeness (QED) is 0.378. The number of thiophene rings is 1. The van der Waals surface area contributed by atoms with Gasteiger partial charge in [-0.2, -0.15) is 0 Å². The molecule has 0 fully saturated rings. The second kappa shape index (κ2) is 10.7. The highest BCUT2D eigenvalue weighted by Gasteiger charge is 2.21. The van der Waals surface area contributed by atoms with Crippen molar-refractivity contribution < 1.29 is 4.79 Å². The van der Waals surface area contributed by atoms with Crippen LogP contribution in [0.1, 0.15) is 28.5 Å². The summed E-state index contributed by atoms with van der Waals surface area (Å²) >= 11 is 1.79. The Hall–Kier alpha value is -1.61. The van der Waals surface area contributed by atoms with Gasteiger partial charge in [0.05, 0.1) is 13.1 Å².